The molecule has 0 aromatic carbocycles. The van der Waals surface area contributed by atoms with E-state index in [1.165, 1.54) is 0 Å². The van der Waals surface area contributed by atoms with Gasteiger partial charge >= 0.3 is 43.9 Å². The van der Waals surface area contributed by atoms with Crippen LogP contribution < -0.4 is 29.6 Å². The van der Waals surface area contributed by atoms with Crippen LogP contribution in [0.4, 0.5) is 13.2 Å². The fourth-order valence-corrected chi connectivity index (χ4v) is 0.694. The summed E-state index contributed by atoms with van der Waals surface area (Å²) >= 11 is 0. The van der Waals surface area contributed by atoms with Crippen molar-refractivity contribution in [2.24, 2.45) is 0 Å². The third kappa shape index (κ3) is 3.38. The first-order valence-corrected chi connectivity index (χ1v) is 4.68. The van der Waals surface area contributed by atoms with Crippen LogP contribution in [0.15, 0.2) is 0 Å². The third-order valence-corrected chi connectivity index (χ3v) is 3.03. The molecule has 0 bridgehead atoms. The van der Waals surface area contributed by atoms with Crippen molar-refractivity contribution in [2.75, 3.05) is 0 Å². The van der Waals surface area contributed by atoms with Gasteiger partial charge in [0, 0.05) is 0 Å². The summed E-state index contributed by atoms with van der Waals surface area (Å²) in [7, 11) is -10.1. The molecule has 0 spiro atoms. The number of alkyl halides is 3. The molecule has 1 unspecified atom stereocenters. The molecule has 0 aromatic heterocycles. The Morgan fingerprint density at radius 3 is 1.55 bits per heavy atom. The normalized spacial score (nSPS) is 15.3. The van der Waals surface area contributed by atoms with E-state index in [9.17, 15) is 30.4 Å². The minimum atomic E-state index is -6.00. The number of hydrogen-bond donors (Lipinski definition) is 0. The second-order valence-corrected chi connectivity index (χ2v) is 5.02. The van der Waals surface area contributed by atoms with Gasteiger partial charge in [-0.1, -0.05) is 0 Å². The molecule has 0 heterocycles. The Kier molecular flexibility index (Phi) is 5.48. The van der Waals surface area contributed by atoms with Crippen LogP contribution in [-0.2, 0) is 19.0 Å². The Labute approximate surface area is 84.1 Å². The van der Waals surface area contributed by atoms with Crippen molar-refractivity contribution in [3.8, 4) is 0 Å². The molecule has 0 saturated carbocycles. The average Bonchev–Trinajstić information content (AvgIpc) is 1.62. The number of hydrogen-bond acceptors (Lipinski definition) is 4. The fraction of sp³-hybridized carbons (Fsp3) is 1.00. The first-order chi connectivity index (χ1) is 4.19. The maximum atomic E-state index is 11.1. The van der Waals surface area contributed by atoms with E-state index in [4.69, 9.17) is 0 Å². The Morgan fingerprint density at radius 1 is 1.27 bits per heavy atom. The molecule has 0 radical (unpaired) electrons. The summed E-state index contributed by atoms with van der Waals surface area (Å²) in [6.45, 7) is 0. The first-order valence-electron chi connectivity index (χ1n) is 1.60. The van der Waals surface area contributed by atoms with Gasteiger partial charge in [-0.3, -0.25) is 4.21 Å². The molecule has 0 saturated heterocycles. The van der Waals surface area contributed by atoms with E-state index in [2.05, 4.69) is 0 Å². The molecule has 0 aromatic rings. The summed E-state index contributed by atoms with van der Waals surface area (Å²) in [5, 5.41) is 0. The van der Waals surface area contributed by atoms with Crippen LogP contribution in [0.5, 0.6) is 0 Å². The quantitative estimate of drug-likeness (QED) is 0.264. The minimum Gasteiger partial charge on any atom is -0.760 e. The monoisotopic (exact) mass is 220 g/mol. The molecular formula is CF3NaO4S2. The molecule has 62 valence electrons. The maximum absolute atomic E-state index is 11.1. The summed E-state index contributed by atoms with van der Waals surface area (Å²) in [5.41, 5.74) is -5.72. The maximum Gasteiger partial charge on any atom is 1.00 e. The molecule has 0 rings (SSSR count). The van der Waals surface area contributed by atoms with E-state index in [-0.39, 0.29) is 29.6 Å². The summed E-state index contributed by atoms with van der Waals surface area (Å²) in [4.78, 5) is 0. The molecule has 4 nitrogen and oxygen atoms in total. The van der Waals surface area contributed by atoms with Gasteiger partial charge in [0.2, 0.25) is 0 Å². The molecule has 0 aliphatic carbocycles. The predicted octanol–water partition coefficient (Wildman–Crippen LogP) is -3.28. The Morgan fingerprint density at radius 2 is 1.55 bits per heavy atom. The molecule has 11 heavy (non-hydrogen) atoms. The smallest absolute Gasteiger partial charge is 0.760 e. The van der Waals surface area contributed by atoms with E-state index < -0.39 is 24.5 Å². The third-order valence-electron chi connectivity index (χ3n) is 0.463. The molecule has 10 heteroatoms. The van der Waals surface area contributed by atoms with E-state index in [1.807, 2.05) is 0 Å². The standard InChI is InChI=1S/CHF3O4S2.Na/c2-1(3,4)10(7,8)9(5)6;/h(H,5,6);/q;+1/p-1. The predicted molar refractivity (Wildman–Crippen MR) is 23.9 cm³/mol. The topological polar surface area (TPSA) is 74.3 Å². The van der Waals surface area contributed by atoms with Gasteiger partial charge in [0.15, 0.2) is 0 Å². The van der Waals surface area contributed by atoms with Crippen LogP contribution in [0.3, 0.4) is 0 Å². The van der Waals surface area contributed by atoms with Gasteiger partial charge in [0.05, 0.1) is 10.1 Å². The van der Waals surface area contributed by atoms with Crippen molar-refractivity contribution in [1.82, 2.24) is 0 Å². The SMILES string of the molecule is O=S([O-])S(=O)(=O)C(F)(F)F.[Na+]. The molecule has 0 aliphatic heterocycles. The van der Waals surface area contributed by atoms with Gasteiger partial charge in [-0.25, -0.2) is 8.42 Å². The van der Waals surface area contributed by atoms with Crippen molar-refractivity contribution in [3.63, 3.8) is 0 Å². The van der Waals surface area contributed by atoms with Gasteiger partial charge in [-0.05, 0) is 0 Å². The molecule has 0 N–H and O–H groups in total. The summed E-state index contributed by atoms with van der Waals surface area (Å²) in [6.07, 6.45) is 0. The van der Waals surface area contributed by atoms with Crippen LogP contribution in [0.2, 0.25) is 0 Å². The fourth-order valence-electron chi connectivity index (χ4n) is 0.0772. The second-order valence-electron chi connectivity index (χ2n) is 1.10. The zero-order valence-electron chi connectivity index (χ0n) is 5.08. The van der Waals surface area contributed by atoms with Crippen LogP contribution in [0, 0.1) is 0 Å². The van der Waals surface area contributed by atoms with Gasteiger partial charge in [-0.2, -0.15) is 13.2 Å². The molecular weight excluding hydrogens is 220 g/mol. The molecule has 1 atom stereocenters. The number of rotatable bonds is 1. The molecule has 0 amide bonds. The van der Waals surface area contributed by atoms with Crippen LogP contribution in [0.1, 0.15) is 0 Å². The van der Waals surface area contributed by atoms with Crippen molar-refractivity contribution < 1.29 is 59.9 Å². The van der Waals surface area contributed by atoms with Gasteiger partial charge in [0.25, 0.3) is 0 Å². The second kappa shape index (κ2) is 4.19. The van der Waals surface area contributed by atoms with E-state index in [0.717, 1.165) is 0 Å². The average molecular weight is 220 g/mol. The van der Waals surface area contributed by atoms with Crippen molar-refractivity contribution in [2.45, 2.75) is 5.51 Å². The Bertz CT molecular complexity index is 241. The van der Waals surface area contributed by atoms with E-state index >= 15 is 0 Å². The minimum absolute atomic E-state index is 0. The summed E-state index contributed by atoms with van der Waals surface area (Å²) in [6, 6.07) is 0. The zero-order chi connectivity index (χ0) is 8.58. The van der Waals surface area contributed by atoms with Gasteiger partial charge < -0.3 is 4.55 Å². The van der Waals surface area contributed by atoms with Crippen molar-refractivity contribution >= 4 is 19.0 Å². The van der Waals surface area contributed by atoms with Crippen LogP contribution in [-0.4, -0.2) is 22.7 Å². The van der Waals surface area contributed by atoms with E-state index in [1.54, 1.807) is 0 Å². The molecule has 0 aliphatic rings. The Hall–Kier alpha value is 0.850. The van der Waals surface area contributed by atoms with Gasteiger partial charge in [-0.15, -0.1) is 0 Å². The van der Waals surface area contributed by atoms with Crippen LogP contribution in [0.25, 0.3) is 0 Å². The first kappa shape index (κ1) is 14.4. The summed E-state index contributed by atoms with van der Waals surface area (Å²) < 4.78 is 71.3. The van der Waals surface area contributed by atoms with Gasteiger partial charge in [0.1, 0.15) is 0 Å². The summed E-state index contributed by atoms with van der Waals surface area (Å²) in [5.74, 6) is 0. The largest absolute Gasteiger partial charge is 1.00 e. The number of halogens is 3. The molecule has 0 fully saturated rings. The Balaban J connectivity index is 0. The van der Waals surface area contributed by atoms with Crippen molar-refractivity contribution in [1.29, 1.82) is 0 Å². The van der Waals surface area contributed by atoms with Crippen molar-refractivity contribution in [3.05, 3.63) is 0 Å². The van der Waals surface area contributed by atoms with E-state index in [0.29, 0.717) is 0 Å². The zero-order valence-corrected chi connectivity index (χ0v) is 8.72. The van der Waals surface area contributed by atoms with Crippen LogP contribution >= 0.6 is 0 Å².